The average molecular weight is 417 g/mol. The van der Waals surface area contributed by atoms with Crippen molar-refractivity contribution in [3.63, 3.8) is 0 Å². The largest absolute Gasteiger partial charge is 0.466 e. The van der Waals surface area contributed by atoms with Crippen molar-refractivity contribution in [2.24, 2.45) is 4.99 Å². The van der Waals surface area contributed by atoms with Crippen LogP contribution in [0.2, 0.25) is 0 Å². The Morgan fingerprint density at radius 2 is 1.87 bits per heavy atom. The maximum absolute atomic E-state index is 12.6. The number of aromatic nitrogens is 1. The second-order valence-corrected chi connectivity index (χ2v) is 7.54. The first-order chi connectivity index (χ1) is 15.1. The highest BCUT2D eigenvalue weighted by Gasteiger charge is 2.34. The lowest BCUT2D eigenvalue weighted by molar-refractivity contribution is -0.136. The third-order valence-electron chi connectivity index (χ3n) is 5.78. The first-order valence-corrected chi connectivity index (χ1v) is 10.6. The fourth-order valence-electron chi connectivity index (χ4n) is 4.20. The van der Waals surface area contributed by atoms with Gasteiger partial charge in [-0.15, -0.1) is 0 Å². The molecule has 1 atom stereocenters. The molecule has 1 aliphatic heterocycles. The van der Waals surface area contributed by atoms with E-state index < -0.39 is 0 Å². The number of carbonyl (C=O) groups is 1. The van der Waals surface area contributed by atoms with Crippen LogP contribution in [-0.4, -0.2) is 42.0 Å². The van der Waals surface area contributed by atoms with E-state index in [4.69, 9.17) is 9.73 Å². The summed E-state index contributed by atoms with van der Waals surface area (Å²) in [5.41, 5.74) is 4.88. The number of allylic oxidation sites excluding steroid dienone is 1. The number of benzene rings is 2. The molecule has 0 amide bonds. The zero-order chi connectivity index (χ0) is 21.8. The minimum atomic E-state index is -0.324. The van der Waals surface area contributed by atoms with Gasteiger partial charge < -0.3 is 19.9 Å². The molecule has 1 unspecified atom stereocenters. The van der Waals surface area contributed by atoms with Crippen LogP contribution < -0.4 is 5.32 Å². The number of esters is 1. The number of hydrogen-bond acceptors (Lipinski definition) is 3. The molecular weight excluding hydrogens is 388 g/mol. The van der Waals surface area contributed by atoms with Gasteiger partial charge in [0, 0.05) is 35.9 Å². The molecular formula is C25H28N4O2. The van der Waals surface area contributed by atoms with Gasteiger partial charge in [0.2, 0.25) is 0 Å². The van der Waals surface area contributed by atoms with Gasteiger partial charge in [-0.05, 0) is 37.5 Å². The molecule has 0 saturated heterocycles. The first kappa shape index (κ1) is 20.7. The van der Waals surface area contributed by atoms with Crippen LogP contribution in [0.1, 0.15) is 31.0 Å². The number of nitrogens with zero attached hydrogens (tertiary/aromatic N) is 2. The number of hydrogen-bond donors (Lipinski definition) is 2. The van der Waals surface area contributed by atoms with Crippen LogP contribution in [0.3, 0.4) is 0 Å². The van der Waals surface area contributed by atoms with E-state index in [1.165, 1.54) is 18.1 Å². The Hall–Kier alpha value is -3.54. The van der Waals surface area contributed by atoms with E-state index >= 15 is 0 Å². The molecule has 6 nitrogen and oxygen atoms in total. The minimum Gasteiger partial charge on any atom is -0.466 e. The van der Waals surface area contributed by atoms with Crippen molar-refractivity contribution in [2.45, 2.75) is 26.3 Å². The van der Waals surface area contributed by atoms with Crippen LogP contribution in [0.25, 0.3) is 10.9 Å². The zero-order valence-electron chi connectivity index (χ0n) is 18.2. The number of guanidine groups is 1. The molecule has 0 fully saturated rings. The Morgan fingerprint density at radius 1 is 1.13 bits per heavy atom. The molecule has 160 valence electrons. The quantitative estimate of drug-likeness (QED) is 0.592. The summed E-state index contributed by atoms with van der Waals surface area (Å²) in [7, 11) is 1.42. The lowest BCUT2D eigenvalue weighted by atomic mass is 9.95. The van der Waals surface area contributed by atoms with E-state index in [1.807, 2.05) is 48.2 Å². The van der Waals surface area contributed by atoms with Gasteiger partial charge in [0.15, 0.2) is 5.96 Å². The van der Waals surface area contributed by atoms with Gasteiger partial charge in [-0.3, -0.25) is 4.99 Å². The number of rotatable bonds is 6. The Labute approximate surface area is 182 Å². The average Bonchev–Trinajstić information content (AvgIpc) is 3.22. The summed E-state index contributed by atoms with van der Waals surface area (Å²) in [4.78, 5) is 22.9. The monoisotopic (exact) mass is 416 g/mol. The molecule has 0 radical (unpaired) electrons. The SMILES string of the molecule is CCN1C(=NCCc2c[nH]c3ccccc23)NC(c2ccccc2)C(C(=O)OC)=C1C. The van der Waals surface area contributed by atoms with Gasteiger partial charge in [-0.25, -0.2) is 4.79 Å². The highest BCUT2D eigenvalue weighted by atomic mass is 16.5. The third kappa shape index (κ3) is 4.06. The standard InChI is InChI=1S/C25H28N4O2/c1-4-29-17(2)22(24(30)31-3)23(18-10-6-5-7-11-18)28-25(29)26-15-14-19-16-27-21-13-9-8-12-20(19)21/h5-13,16,23,27H,4,14-15H2,1-3H3,(H,26,28). The Morgan fingerprint density at radius 3 is 2.61 bits per heavy atom. The van der Waals surface area contributed by atoms with E-state index in [0.717, 1.165) is 29.2 Å². The fraction of sp³-hybridized carbons (Fsp3) is 0.280. The van der Waals surface area contributed by atoms with Gasteiger partial charge in [0.25, 0.3) is 0 Å². The summed E-state index contributed by atoms with van der Waals surface area (Å²) < 4.78 is 5.10. The topological polar surface area (TPSA) is 69.7 Å². The van der Waals surface area contributed by atoms with E-state index in [-0.39, 0.29) is 12.0 Å². The summed E-state index contributed by atoms with van der Waals surface area (Å²) in [5.74, 6) is 0.455. The number of para-hydroxylation sites is 1. The number of aromatic amines is 1. The van der Waals surface area contributed by atoms with E-state index in [1.54, 1.807) is 0 Å². The van der Waals surface area contributed by atoms with Crippen molar-refractivity contribution < 1.29 is 9.53 Å². The maximum Gasteiger partial charge on any atom is 0.337 e. The van der Waals surface area contributed by atoms with Crippen molar-refractivity contribution in [1.29, 1.82) is 0 Å². The molecule has 0 spiro atoms. The lowest BCUT2D eigenvalue weighted by Crippen LogP contribution is -2.49. The van der Waals surface area contributed by atoms with Gasteiger partial charge in [0.05, 0.1) is 18.7 Å². The number of H-pyrrole nitrogens is 1. The summed E-state index contributed by atoms with van der Waals surface area (Å²) >= 11 is 0. The van der Waals surface area contributed by atoms with Gasteiger partial charge >= 0.3 is 5.97 Å². The Bertz CT molecular complexity index is 1130. The normalized spacial score (nSPS) is 17.8. The second kappa shape index (κ2) is 9.08. The molecule has 3 aromatic rings. The van der Waals surface area contributed by atoms with Crippen molar-refractivity contribution in [1.82, 2.24) is 15.2 Å². The summed E-state index contributed by atoms with van der Waals surface area (Å²) in [5, 5.41) is 4.73. The molecule has 2 heterocycles. The van der Waals surface area contributed by atoms with Crippen molar-refractivity contribution in [3.8, 4) is 0 Å². The van der Waals surface area contributed by atoms with Gasteiger partial charge in [-0.2, -0.15) is 0 Å². The number of methoxy groups -OCH3 is 1. The number of carbonyl (C=O) groups excluding carboxylic acids is 1. The highest BCUT2D eigenvalue weighted by Crippen LogP contribution is 2.31. The predicted octanol–water partition coefficient (Wildman–Crippen LogP) is 4.18. The molecule has 0 bridgehead atoms. The maximum atomic E-state index is 12.6. The summed E-state index contributed by atoms with van der Waals surface area (Å²) in [6.45, 7) is 5.36. The van der Waals surface area contributed by atoms with Crippen LogP contribution >= 0.6 is 0 Å². The Kier molecular flexibility index (Phi) is 6.07. The first-order valence-electron chi connectivity index (χ1n) is 10.6. The molecule has 1 aliphatic rings. The minimum absolute atomic E-state index is 0.303. The number of aliphatic imine (C=N–C) groups is 1. The van der Waals surface area contributed by atoms with Crippen LogP contribution in [0.15, 0.2) is 77.1 Å². The predicted molar refractivity (Wildman–Crippen MR) is 124 cm³/mol. The summed E-state index contributed by atoms with van der Waals surface area (Å²) in [6.07, 6.45) is 2.89. The molecule has 0 aliphatic carbocycles. The smallest absolute Gasteiger partial charge is 0.337 e. The molecule has 1 aromatic heterocycles. The molecule has 2 N–H and O–H groups in total. The van der Waals surface area contributed by atoms with Crippen LogP contribution in [-0.2, 0) is 16.0 Å². The number of fused-ring (bicyclic) bond motifs is 1. The molecule has 31 heavy (non-hydrogen) atoms. The second-order valence-electron chi connectivity index (χ2n) is 7.54. The fourth-order valence-corrected chi connectivity index (χ4v) is 4.20. The van der Waals surface area contributed by atoms with E-state index in [2.05, 4.69) is 41.6 Å². The van der Waals surface area contributed by atoms with Crippen molar-refractivity contribution in [2.75, 3.05) is 20.2 Å². The van der Waals surface area contributed by atoms with E-state index in [0.29, 0.717) is 18.7 Å². The third-order valence-corrected chi connectivity index (χ3v) is 5.78. The van der Waals surface area contributed by atoms with Crippen LogP contribution in [0.4, 0.5) is 0 Å². The molecule has 0 saturated carbocycles. The van der Waals surface area contributed by atoms with Crippen molar-refractivity contribution in [3.05, 3.63) is 83.2 Å². The number of nitrogens with one attached hydrogen (secondary N) is 2. The van der Waals surface area contributed by atoms with Crippen molar-refractivity contribution >= 4 is 22.8 Å². The molecule has 2 aromatic carbocycles. The van der Waals surface area contributed by atoms with Gasteiger partial charge in [-0.1, -0.05) is 48.5 Å². The van der Waals surface area contributed by atoms with Gasteiger partial charge in [0.1, 0.15) is 0 Å². The summed E-state index contributed by atoms with van der Waals surface area (Å²) in [6, 6.07) is 17.9. The Balaban J connectivity index is 1.64. The number of ether oxygens (including phenoxy) is 1. The van der Waals surface area contributed by atoms with Crippen LogP contribution in [0.5, 0.6) is 0 Å². The van der Waals surface area contributed by atoms with E-state index in [9.17, 15) is 4.79 Å². The van der Waals surface area contributed by atoms with Crippen LogP contribution in [0, 0.1) is 0 Å². The lowest BCUT2D eigenvalue weighted by Gasteiger charge is -2.37. The molecule has 4 rings (SSSR count). The highest BCUT2D eigenvalue weighted by molar-refractivity contribution is 5.96. The molecule has 6 heteroatoms. The zero-order valence-corrected chi connectivity index (χ0v) is 18.2.